The van der Waals surface area contributed by atoms with Gasteiger partial charge in [0.2, 0.25) is 0 Å². The summed E-state index contributed by atoms with van der Waals surface area (Å²) in [5, 5.41) is 8.34. The van der Waals surface area contributed by atoms with E-state index in [2.05, 4.69) is 0 Å². The van der Waals surface area contributed by atoms with Gasteiger partial charge in [-0.05, 0) is 0 Å². The van der Waals surface area contributed by atoms with Gasteiger partial charge in [-0.1, -0.05) is 23.2 Å². The molecule has 7 heteroatoms. The lowest BCUT2D eigenvalue weighted by atomic mass is 10.5. The highest BCUT2D eigenvalue weighted by molar-refractivity contribution is 6.49. The van der Waals surface area contributed by atoms with E-state index in [9.17, 15) is 9.59 Å². The molecule has 0 aromatic heterocycles. The van der Waals surface area contributed by atoms with Crippen LogP contribution in [-0.2, 0) is 14.3 Å². The quantitative estimate of drug-likeness (QED) is 0.783. The van der Waals surface area contributed by atoms with E-state index in [-0.39, 0.29) is 10.1 Å². The molecule has 0 unspecified atom stereocenters. The number of carbonyl (C=O) groups is 2. The first kappa shape index (κ1) is 11.3. The van der Waals surface area contributed by atoms with Crippen LogP contribution in [-0.4, -0.2) is 41.8 Å². The Hall–Kier alpha value is -0.780. The van der Waals surface area contributed by atoms with Gasteiger partial charge in [0, 0.05) is 7.11 Å². The SMILES string of the molecule is CO[C@H]1C(Cl)=C(Cl)C(=O)N1CC(=O)O. The molecule has 0 aromatic carbocycles. The first-order valence-corrected chi connectivity index (χ1v) is 4.35. The van der Waals surface area contributed by atoms with Crippen molar-refractivity contribution >= 4 is 35.1 Å². The fraction of sp³-hybridized carbons (Fsp3) is 0.429. The Kier molecular flexibility index (Phi) is 3.36. The highest BCUT2D eigenvalue weighted by Crippen LogP contribution is 2.31. The Bertz CT molecular complexity index is 315. The normalized spacial score (nSPS) is 22.1. The van der Waals surface area contributed by atoms with E-state index in [4.69, 9.17) is 33.0 Å². The second-order valence-corrected chi connectivity index (χ2v) is 3.36. The second-order valence-electron chi connectivity index (χ2n) is 2.58. The molecule has 1 atom stereocenters. The van der Waals surface area contributed by atoms with Crippen molar-refractivity contribution in [2.24, 2.45) is 0 Å². The van der Waals surface area contributed by atoms with Crippen molar-refractivity contribution in [2.45, 2.75) is 6.23 Å². The van der Waals surface area contributed by atoms with Crippen LogP contribution in [0, 0.1) is 0 Å². The summed E-state index contributed by atoms with van der Waals surface area (Å²) < 4.78 is 4.85. The Morgan fingerprint density at radius 1 is 1.64 bits per heavy atom. The Morgan fingerprint density at radius 3 is 2.64 bits per heavy atom. The molecule has 1 aliphatic rings. The molecule has 5 nitrogen and oxygen atoms in total. The van der Waals surface area contributed by atoms with Crippen LogP contribution in [0.15, 0.2) is 10.1 Å². The predicted octanol–water partition coefficient (Wildman–Crippen LogP) is 0.575. The fourth-order valence-corrected chi connectivity index (χ4v) is 1.60. The number of halogens is 2. The summed E-state index contributed by atoms with van der Waals surface area (Å²) in [4.78, 5) is 22.7. The van der Waals surface area contributed by atoms with Gasteiger partial charge in [0.25, 0.3) is 5.91 Å². The molecule has 1 heterocycles. The number of nitrogens with zero attached hydrogens (tertiary/aromatic N) is 1. The number of carboxylic acids is 1. The summed E-state index contributed by atoms with van der Waals surface area (Å²) in [5.74, 6) is -1.79. The average molecular weight is 240 g/mol. The second kappa shape index (κ2) is 4.16. The smallest absolute Gasteiger partial charge is 0.323 e. The van der Waals surface area contributed by atoms with E-state index in [1.807, 2.05) is 0 Å². The molecule has 0 radical (unpaired) electrons. The third-order valence-corrected chi connectivity index (χ3v) is 2.52. The highest BCUT2D eigenvalue weighted by Gasteiger charge is 2.38. The summed E-state index contributed by atoms with van der Waals surface area (Å²) in [6, 6.07) is 0. The van der Waals surface area contributed by atoms with E-state index >= 15 is 0 Å². The minimum atomic E-state index is -1.16. The maximum Gasteiger partial charge on any atom is 0.323 e. The van der Waals surface area contributed by atoms with Gasteiger partial charge in [-0.3, -0.25) is 14.5 Å². The minimum absolute atomic E-state index is 0.0143. The number of carboxylic acid groups (broad SMARTS) is 1. The van der Waals surface area contributed by atoms with Crippen molar-refractivity contribution in [2.75, 3.05) is 13.7 Å². The van der Waals surface area contributed by atoms with Gasteiger partial charge >= 0.3 is 5.97 Å². The van der Waals surface area contributed by atoms with Crippen molar-refractivity contribution < 1.29 is 19.4 Å². The predicted molar refractivity (Wildman–Crippen MR) is 48.9 cm³/mol. The first-order chi connectivity index (χ1) is 6.49. The van der Waals surface area contributed by atoms with Crippen LogP contribution < -0.4 is 0 Å². The van der Waals surface area contributed by atoms with Gasteiger partial charge in [-0.2, -0.15) is 0 Å². The van der Waals surface area contributed by atoms with Crippen LogP contribution in [0.4, 0.5) is 0 Å². The summed E-state index contributed by atoms with van der Waals surface area (Å²) in [6.45, 7) is -0.496. The molecule has 1 rings (SSSR count). The number of methoxy groups -OCH3 is 1. The minimum Gasteiger partial charge on any atom is -0.480 e. The Labute approximate surface area is 89.8 Å². The monoisotopic (exact) mass is 239 g/mol. The molecule has 0 saturated heterocycles. The summed E-state index contributed by atoms with van der Waals surface area (Å²) in [7, 11) is 1.31. The number of hydrogen-bond acceptors (Lipinski definition) is 3. The van der Waals surface area contributed by atoms with Crippen LogP contribution in [0.5, 0.6) is 0 Å². The molecule has 0 aromatic rings. The number of hydrogen-bond donors (Lipinski definition) is 1. The number of amides is 1. The van der Waals surface area contributed by atoms with Crippen LogP contribution >= 0.6 is 23.2 Å². The zero-order valence-corrected chi connectivity index (χ0v) is 8.67. The molecule has 0 fully saturated rings. The first-order valence-electron chi connectivity index (χ1n) is 3.59. The lowest BCUT2D eigenvalue weighted by molar-refractivity contribution is -0.147. The Balaban J connectivity index is 2.89. The van der Waals surface area contributed by atoms with Crippen molar-refractivity contribution in [1.82, 2.24) is 4.90 Å². The van der Waals surface area contributed by atoms with Crippen molar-refractivity contribution in [3.8, 4) is 0 Å². The van der Waals surface area contributed by atoms with E-state index in [0.29, 0.717) is 0 Å². The van der Waals surface area contributed by atoms with Crippen LogP contribution in [0.1, 0.15) is 0 Å². The maximum absolute atomic E-state index is 11.3. The van der Waals surface area contributed by atoms with Crippen molar-refractivity contribution in [1.29, 1.82) is 0 Å². The molecule has 78 valence electrons. The van der Waals surface area contributed by atoms with Crippen molar-refractivity contribution in [3.63, 3.8) is 0 Å². The molecule has 0 saturated carbocycles. The van der Waals surface area contributed by atoms with E-state index in [0.717, 1.165) is 4.90 Å². The number of carbonyl (C=O) groups excluding carboxylic acids is 1. The maximum atomic E-state index is 11.3. The van der Waals surface area contributed by atoms with E-state index < -0.39 is 24.6 Å². The number of rotatable bonds is 3. The fourth-order valence-electron chi connectivity index (χ4n) is 1.11. The molecule has 0 bridgehead atoms. The molecule has 1 N–H and O–H groups in total. The number of aliphatic carboxylic acids is 1. The molecule has 1 aliphatic heterocycles. The van der Waals surface area contributed by atoms with Gasteiger partial charge in [-0.25, -0.2) is 0 Å². The largest absolute Gasteiger partial charge is 0.480 e. The topological polar surface area (TPSA) is 66.8 Å². The number of ether oxygens (including phenoxy) is 1. The van der Waals surface area contributed by atoms with Gasteiger partial charge in [0.1, 0.15) is 11.6 Å². The molecule has 0 spiro atoms. The van der Waals surface area contributed by atoms with Crippen molar-refractivity contribution in [3.05, 3.63) is 10.1 Å². The lowest BCUT2D eigenvalue weighted by Crippen LogP contribution is -2.40. The molecule has 1 amide bonds. The van der Waals surface area contributed by atoms with E-state index in [1.54, 1.807) is 0 Å². The van der Waals surface area contributed by atoms with Crippen LogP contribution in [0.25, 0.3) is 0 Å². The van der Waals surface area contributed by atoms with Gasteiger partial charge < -0.3 is 9.84 Å². The average Bonchev–Trinajstić information content (AvgIpc) is 2.31. The zero-order chi connectivity index (χ0) is 10.9. The van der Waals surface area contributed by atoms with E-state index in [1.165, 1.54) is 7.11 Å². The summed E-state index contributed by atoms with van der Waals surface area (Å²) in [5.41, 5.74) is 0. The third kappa shape index (κ3) is 1.84. The molecule has 0 aliphatic carbocycles. The van der Waals surface area contributed by atoms with Gasteiger partial charge in [0.05, 0.1) is 5.03 Å². The molecule has 14 heavy (non-hydrogen) atoms. The summed E-state index contributed by atoms with van der Waals surface area (Å²) in [6.07, 6.45) is -0.896. The Morgan fingerprint density at radius 2 is 2.21 bits per heavy atom. The standard InChI is InChI=1S/C7H7Cl2NO4/c1-14-7-5(9)4(8)6(13)10(7)2-3(11)12/h7H,2H2,1H3,(H,11,12)/t7-/m0/s1. The van der Waals surface area contributed by atoms with Gasteiger partial charge in [0.15, 0.2) is 6.23 Å². The summed E-state index contributed by atoms with van der Waals surface area (Å²) >= 11 is 11.2. The third-order valence-electron chi connectivity index (χ3n) is 1.69. The highest BCUT2D eigenvalue weighted by atomic mass is 35.5. The molecular weight excluding hydrogens is 233 g/mol. The van der Waals surface area contributed by atoms with Crippen LogP contribution in [0.2, 0.25) is 0 Å². The molecular formula is C7H7Cl2NO4. The van der Waals surface area contributed by atoms with Crippen LogP contribution in [0.3, 0.4) is 0 Å². The zero-order valence-electron chi connectivity index (χ0n) is 7.16. The lowest BCUT2D eigenvalue weighted by Gasteiger charge is -2.21. The van der Waals surface area contributed by atoms with Gasteiger partial charge in [-0.15, -0.1) is 0 Å².